The molecule has 2 atom stereocenters. The largest absolute Gasteiger partial charge is 0.508 e. The first-order valence-electron chi connectivity index (χ1n) is 6.28. The van der Waals surface area contributed by atoms with E-state index in [0.717, 1.165) is 5.69 Å². The third-order valence-electron chi connectivity index (χ3n) is 3.09. The van der Waals surface area contributed by atoms with Crippen molar-refractivity contribution in [3.05, 3.63) is 24.3 Å². The minimum absolute atomic E-state index is 0.0598. The van der Waals surface area contributed by atoms with E-state index in [1.54, 1.807) is 35.9 Å². The number of benzene rings is 1. The second-order valence-corrected chi connectivity index (χ2v) is 5.85. The zero-order valence-corrected chi connectivity index (χ0v) is 12.4. The van der Waals surface area contributed by atoms with Crippen LogP contribution in [0.1, 0.15) is 13.8 Å². The van der Waals surface area contributed by atoms with Crippen LogP contribution in [0.3, 0.4) is 0 Å². The lowest BCUT2D eigenvalue weighted by atomic mass is 10.1. The van der Waals surface area contributed by atoms with Crippen LogP contribution in [-0.4, -0.2) is 36.5 Å². The summed E-state index contributed by atoms with van der Waals surface area (Å²) in [4.78, 5) is 11.5. The predicted octanol–water partition coefficient (Wildman–Crippen LogP) is 0.474. The number of nitrogens with one attached hydrogen (secondary N) is 1. The first-order chi connectivity index (χ1) is 10.0. The number of hydrazine groups is 1. The molecule has 4 N–H and O–H groups in total. The van der Waals surface area contributed by atoms with Crippen LogP contribution in [-0.2, 0) is 4.79 Å². The number of nitrogens with zero attached hydrogens (tertiary/aromatic N) is 4. The highest BCUT2D eigenvalue weighted by atomic mass is 32.2. The Labute approximate surface area is 125 Å². The number of carbonyl (C=O) groups is 1. The number of phenols is 1. The van der Waals surface area contributed by atoms with Gasteiger partial charge in [0.1, 0.15) is 5.75 Å². The SMILES string of the molecule is CC(Sc1nnnn1-c1ccc(O)cc1)C(C)C(=O)NN. The van der Waals surface area contributed by atoms with Crippen LogP contribution in [0, 0.1) is 5.92 Å². The molecule has 1 aromatic heterocycles. The fourth-order valence-electron chi connectivity index (χ4n) is 1.62. The first-order valence-corrected chi connectivity index (χ1v) is 7.15. The van der Waals surface area contributed by atoms with Crippen LogP contribution < -0.4 is 11.3 Å². The molecule has 0 aliphatic heterocycles. The maximum atomic E-state index is 11.5. The van der Waals surface area contributed by atoms with Crippen molar-refractivity contribution in [2.75, 3.05) is 0 Å². The molecule has 0 bridgehead atoms. The Bertz CT molecular complexity index is 614. The number of carbonyl (C=O) groups excluding carboxylic acids is 1. The van der Waals surface area contributed by atoms with Gasteiger partial charge in [0.2, 0.25) is 11.1 Å². The highest BCUT2D eigenvalue weighted by molar-refractivity contribution is 7.99. The molecule has 9 heteroatoms. The number of thioether (sulfide) groups is 1. The van der Waals surface area contributed by atoms with E-state index < -0.39 is 0 Å². The Morgan fingerprint density at radius 3 is 2.67 bits per heavy atom. The number of phenolic OH excluding ortho intramolecular Hbond substituents is 1. The standard InChI is InChI=1S/C12H16N6O2S/c1-7(11(20)14-13)8(2)21-12-15-16-17-18(12)9-3-5-10(19)6-4-9/h3-8,19H,13H2,1-2H3,(H,14,20). The lowest BCUT2D eigenvalue weighted by molar-refractivity contribution is -0.124. The molecule has 112 valence electrons. The van der Waals surface area contributed by atoms with Gasteiger partial charge in [-0.1, -0.05) is 25.6 Å². The molecule has 0 fully saturated rings. The van der Waals surface area contributed by atoms with Gasteiger partial charge in [-0.3, -0.25) is 10.2 Å². The van der Waals surface area contributed by atoms with Gasteiger partial charge in [0, 0.05) is 11.2 Å². The van der Waals surface area contributed by atoms with Gasteiger partial charge in [-0.25, -0.2) is 5.84 Å². The van der Waals surface area contributed by atoms with Crippen LogP contribution >= 0.6 is 11.8 Å². The van der Waals surface area contributed by atoms with Crippen molar-refractivity contribution in [3.8, 4) is 11.4 Å². The fourth-order valence-corrected chi connectivity index (χ4v) is 2.61. The maximum absolute atomic E-state index is 11.5. The quantitative estimate of drug-likeness (QED) is 0.318. The van der Waals surface area contributed by atoms with Crippen molar-refractivity contribution in [2.24, 2.45) is 11.8 Å². The Balaban J connectivity index is 2.17. The van der Waals surface area contributed by atoms with Crippen LogP contribution in [0.25, 0.3) is 5.69 Å². The van der Waals surface area contributed by atoms with Crippen LogP contribution in [0.4, 0.5) is 0 Å². The number of aromatic nitrogens is 4. The van der Waals surface area contributed by atoms with Gasteiger partial charge in [0.25, 0.3) is 0 Å². The molecule has 21 heavy (non-hydrogen) atoms. The Kier molecular flexibility index (Phi) is 4.76. The molecule has 0 saturated heterocycles. The van der Waals surface area contributed by atoms with E-state index in [2.05, 4.69) is 21.0 Å². The molecule has 0 spiro atoms. The van der Waals surface area contributed by atoms with Crippen LogP contribution in [0.15, 0.2) is 29.4 Å². The van der Waals surface area contributed by atoms with Crippen LogP contribution in [0.5, 0.6) is 5.75 Å². The number of amides is 1. The van der Waals surface area contributed by atoms with Gasteiger partial charge < -0.3 is 5.11 Å². The molecule has 1 amide bonds. The molecule has 0 saturated carbocycles. The molecule has 1 heterocycles. The highest BCUT2D eigenvalue weighted by Gasteiger charge is 2.23. The lowest BCUT2D eigenvalue weighted by Crippen LogP contribution is -2.38. The smallest absolute Gasteiger partial charge is 0.237 e. The molecule has 0 aliphatic carbocycles. The monoisotopic (exact) mass is 308 g/mol. The van der Waals surface area contributed by atoms with Gasteiger partial charge in [-0.2, -0.15) is 4.68 Å². The van der Waals surface area contributed by atoms with Gasteiger partial charge >= 0.3 is 0 Å². The van der Waals surface area contributed by atoms with Crippen molar-refractivity contribution in [2.45, 2.75) is 24.3 Å². The van der Waals surface area contributed by atoms with E-state index in [1.165, 1.54) is 11.8 Å². The summed E-state index contributed by atoms with van der Waals surface area (Å²) < 4.78 is 1.55. The molecular weight excluding hydrogens is 292 g/mol. The van der Waals surface area contributed by atoms with Crippen molar-refractivity contribution >= 4 is 17.7 Å². The molecule has 1 aromatic carbocycles. The Hall–Kier alpha value is -2.13. The van der Waals surface area contributed by atoms with Crippen LogP contribution in [0.2, 0.25) is 0 Å². The van der Waals surface area contributed by atoms with E-state index in [0.29, 0.717) is 5.16 Å². The Morgan fingerprint density at radius 2 is 2.05 bits per heavy atom. The van der Waals surface area contributed by atoms with Gasteiger partial charge in [-0.15, -0.1) is 5.10 Å². The van der Waals surface area contributed by atoms with Gasteiger partial charge in [0.15, 0.2) is 0 Å². The summed E-state index contributed by atoms with van der Waals surface area (Å²) in [5, 5.41) is 21.3. The van der Waals surface area contributed by atoms with Gasteiger partial charge in [-0.05, 0) is 34.7 Å². The number of tetrazole rings is 1. The van der Waals surface area contributed by atoms with E-state index >= 15 is 0 Å². The number of aromatic hydroxyl groups is 1. The number of nitrogens with two attached hydrogens (primary N) is 1. The average molecular weight is 308 g/mol. The zero-order valence-electron chi connectivity index (χ0n) is 11.6. The topological polar surface area (TPSA) is 119 Å². The molecule has 0 aliphatic rings. The molecule has 2 rings (SSSR count). The van der Waals surface area contributed by atoms with Crippen molar-refractivity contribution in [3.63, 3.8) is 0 Å². The summed E-state index contributed by atoms with van der Waals surface area (Å²) >= 11 is 1.38. The predicted molar refractivity (Wildman–Crippen MR) is 77.6 cm³/mol. The Morgan fingerprint density at radius 1 is 1.38 bits per heavy atom. The summed E-state index contributed by atoms with van der Waals surface area (Å²) in [6.45, 7) is 3.69. The number of rotatable bonds is 5. The second-order valence-electron chi connectivity index (χ2n) is 4.51. The molecule has 2 aromatic rings. The van der Waals surface area contributed by atoms with E-state index in [4.69, 9.17) is 5.84 Å². The summed E-state index contributed by atoms with van der Waals surface area (Å²) in [6, 6.07) is 6.52. The summed E-state index contributed by atoms with van der Waals surface area (Å²) in [5.41, 5.74) is 2.86. The molecule has 2 unspecified atom stereocenters. The third kappa shape index (κ3) is 3.50. The molecule has 0 radical (unpaired) electrons. The minimum Gasteiger partial charge on any atom is -0.508 e. The van der Waals surface area contributed by atoms with Crippen molar-refractivity contribution in [1.82, 2.24) is 25.6 Å². The normalized spacial score (nSPS) is 13.7. The minimum atomic E-state index is -0.287. The lowest BCUT2D eigenvalue weighted by Gasteiger charge is -2.16. The van der Waals surface area contributed by atoms with E-state index in [-0.39, 0.29) is 22.8 Å². The summed E-state index contributed by atoms with van der Waals surface area (Å²) in [5.74, 6) is 4.79. The number of hydrogen-bond acceptors (Lipinski definition) is 7. The first kappa shape index (κ1) is 15.3. The van der Waals surface area contributed by atoms with Crippen molar-refractivity contribution < 1.29 is 9.90 Å². The maximum Gasteiger partial charge on any atom is 0.237 e. The van der Waals surface area contributed by atoms with E-state index in [9.17, 15) is 9.90 Å². The van der Waals surface area contributed by atoms with E-state index in [1.807, 2.05) is 6.92 Å². The second kappa shape index (κ2) is 6.55. The summed E-state index contributed by atoms with van der Waals surface area (Å²) in [6.07, 6.45) is 0. The third-order valence-corrected chi connectivity index (χ3v) is 4.33. The average Bonchev–Trinajstić information content (AvgIpc) is 2.94. The fraction of sp³-hybridized carbons (Fsp3) is 0.333. The van der Waals surface area contributed by atoms with Gasteiger partial charge in [0.05, 0.1) is 5.69 Å². The number of hydrogen-bond donors (Lipinski definition) is 3. The molecular formula is C12H16N6O2S. The highest BCUT2D eigenvalue weighted by Crippen LogP contribution is 2.27. The van der Waals surface area contributed by atoms with Crippen molar-refractivity contribution in [1.29, 1.82) is 0 Å². The summed E-state index contributed by atoms with van der Waals surface area (Å²) in [7, 11) is 0. The zero-order chi connectivity index (χ0) is 15.4. The molecule has 8 nitrogen and oxygen atoms in total.